The Morgan fingerprint density at radius 2 is 2.00 bits per heavy atom. The lowest BCUT2D eigenvalue weighted by Crippen LogP contribution is -2.29. The third-order valence-corrected chi connectivity index (χ3v) is 3.05. The Kier molecular flexibility index (Phi) is 3.61. The van der Waals surface area contributed by atoms with Gasteiger partial charge < -0.3 is 10.4 Å². The molecule has 2 N–H and O–H groups in total. The van der Waals surface area contributed by atoms with Gasteiger partial charge >= 0.3 is 0 Å². The Morgan fingerprint density at radius 1 is 1.31 bits per heavy atom. The molecule has 0 aliphatic heterocycles. The Balaban J connectivity index is 1.98. The number of aliphatic hydroxyl groups is 1. The summed E-state index contributed by atoms with van der Waals surface area (Å²) in [6, 6.07) is 2.08. The number of anilines is 1. The molecule has 4 nitrogen and oxygen atoms in total. The van der Waals surface area contributed by atoms with E-state index in [1.54, 1.807) is 6.07 Å². The van der Waals surface area contributed by atoms with Crippen molar-refractivity contribution in [2.75, 3.05) is 5.32 Å². The molecule has 1 aliphatic carbocycles. The smallest absolute Gasteiger partial charge is 0.224 e. The van der Waals surface area contributed by atoms with Gasteiger partial charge in [-0.2, -0.15) is 0 Å². The molecule has 1 aliphatic rings. The summed E-state index contributed by atoms with van der Waals surface area (Å²) >= 11 is 5.86. The molecule has 0 unspecified atom stereocenters. The summed E-state index contributed by atoms with van der Waals surface area (Å²) in [5.41, 5.74) is 0.860. The molecule has 2 rings (SSSR count). The fourth-order valence-corrected chi connectivity index (χ4v) is 2.24. The van der Waals surface area contributed by atoms with Crippen LogP contribution in [0.2, 0.25) is 5.15 Å². The Morgan fingerprint density at radius 3 is 2.62 bits per heavy atom. The van der Waals surface area contributed by atoms with Gasteiger partial charge in [0.25, 0.3) is 0 Å². The van der Waals surface area contributed by atoms with Crippen LogP contribution in [-0.4, -0.2) is 27.2 Å². The fraction of sp³-hybridized carbons (Fsp3) is 0.636. The highest BCUT2D eigenvalue weighted by Gasteiger charge is 2.19. The molecule has 0 atom stereocenters. The number of aliphatic hydroxyl groups excluding tert-OH is 1. The van der Waals surface area contributed by atoms with Crippen LogP contribution in [0.15, 0.2) is 6.07 Å². The molecule has 5 heteroatoms. The largest absolute Gasteiger partial charge is 0.393 e. The van der Waals surface area contributed by atoms with Crippen molar-refractivity contribution in [1.82, 2.24) is 9.97 Å². The third-order valence-electron chi connectivity index (χ3n) is 2.85. The zero-order valence-electron chi connectivity index (χ0n) is 9.28. The predicted octanol–water partition coefficient (Wildman–Crippen LogP) is 2.15. The first-order valence-electron chi connectivity index (χ1n) is 5.59. The van der Waals surface area contributed by atoms with Crippen molar-refractivity contribution in [3.63, 3.8) is 0 Å². The Hall–Kier alpha value is -0.870. The lowest BCUT2D eigenvalue weighted by atomic mass is 9.93. The van der Waals surface area contributed by atoms with Crippen molar-refractivity contribution in [3.05, 3.63) is 16.9 Å². The van der Waals surface area contributed by atoms with Crippen molar-refractivity contribution in [2.24, 2.45) is 0 Å². The van der Waals surface area contributed by atoms with Gasteiger partial charge in [-0.25, -0.2) is 9.97 Å². The molecular weight excluding hydrogens is 226 g/mol. The molecule has 0 radical (unpaired) electrons. The van der Waals surface area contributed by atoms with E-state index in [-0.39, 0.29) is 6.10 Å². The topological polar surface area (TPSA) is 58.0 Å². The maximum atomic E-state index is 9.40. The SMILES string of the molecule is Cc1cc(Cl)nc(NC2CCC(O)CC2)n1. The van der Waals surface area contributed by atoms with E-state index in [1.165, 1.54) is 0 Å². The molecule has 0 aromatic carbocycles. The molecule has 0 spiro atoms. The van der Waals surface area contributed by atoms with Gasteiger partial charge in [-0.15, -0.1) is 0 Å². The molecular formula is C11H16ClN3O. The van der Waals surface area contributed by atoms with E-state index >= 15 is 0 Å². The first-order chi connectivity index (χ1) is 7.63. The van der Waals surface area contributed by atoms with E-state index in [1.807, 2.05) is 6.92 Å². The minimum atomic E-state index is -0.139. The van der Waals surface area contributed by atoms with Gasteiger partial charge in [-0.05, 0) is 38.7 Å². The van der Waals surface area contributed by atoms with E-state index in [0.29, 0.717) is 17.1 Å². The number of hydrogen-bond donors (Lipinski definition) is 2. The van der Waals surface area contributed by atoms with E-state index in [2.05, 4.69) is 15.3 Å². The summed E-state index contributed by atoms with van der Waals surface area (Å²) in [5, 5.41) is 13.1. The highest BCUT2D eigenvalue weighted by molar-refractivity contribution is 6.29. The van der Waals surface area contributed by atoms with Crippen LogP contribution >= 0.6 is 11.6 Å². The van der Waals surface area contributed by atoms with Crippen LogP contribution in [0, 0.1) is 6.92 Å². The lowest BCUT2D eigenvalue weighted by molar-refractivity contribution is 0.126. The number of rotatable bonds is 2. The van der Waals surface area contributed by atoms with E-state index in [0.717, 1.165) is 31.4 Å². The molecule has 1 aromatic rings. The van der Waals surface area contributed by atoms with Crippen LogP contribution in [0.25, 0.3) is 0 Å². The first-order valence-corrected chi connectivity index (χ1v) is 5.97. The molecule has 1 saturated carbocycles. The summed E-state index contributed by atoms with van der Waals surface area (Å²) in [5.74, 6) is 0.589. The van der Waals surface area contributed by atoms with Crippen molar-refractivity contribution in [2.45, 2.75) is 44.8 Å². The Bertz CT molecular complexity index is 344. The molecule has 0 saturated heterocycles. The number of nitrogens with zero attached hydrogens (tertiary/aromatic N) is 2. The molecule has 16 heavy (non-hydrogen) atoms. The molecule has 1 heterocycles. The van der Waals surface area contributed by atoms with Crippen LogP contribution in [0.5, 0.6) is 0 Å². The van der Waals surface area contributed by atoms with E-state index in [4.69, 9.17) is 11.6 Å². The quantitative estimate of drug-likeness (QED) is 0.779. The summed E-state index contributed by atoms with van der Waals surface area (Å²) in [6.07, 6.45) is 3.46. The Labute approximate surface area is 100 Å². The van der Waals surface area contributed by atoms with Crippen LogP contribution in [0.4, 0.5) is 5.95 Å². The van der Waals surface area contributed by atoms with Gasteiger partial charge in [0.15, 0.2) is 0 Å². The van der Waals surface area contributed by atoms with Crippen LogP contribution in [0.3, 0.4) is 0 Å². The summed E-state index contributed by atoms with van der Waals surface area (Å²) in [4.78, 5) is 8.41. The number of aromatic nitrogens is 2. The van der Waals surface area contributed by atoms with Gasteiger partial charge in [0, 0.05) is 11.7 Å². The standard InChI is InChI=1S/C11H16ClN3O/c1-7-6-10(12)15-11(13-7)14-8-2-4-9(16)5-3-8/h6,8-9,16H,2-5H2,1H3,(H,13,14,15). The maximum absolute atomic E-state index is 9.40. The average Bonchev–Trinajstić information content (AvgIpc) is 2.20. The van der Waals surface area contributed by atoms with Crippen molar-refractivity contribution >= 4 is 17.5 Å². The van der Waals surface area contributed by atoms with Crippen LogP contribution in [-0.2, 0) is 0 Å². The summed E-state index contributed by atoms with van der Waals surface area (Å²) in [7, 11) is 0. The molecule has 1 fully saturated rings. The second-order valence-electron chi connectivity index (χ2n) is 4.31. The van der Waals surface area contributed by atoms with Gasteiger partial charge in [-0.1, -0.05) is 11.6 Å². The highest BCUT2D eigenvalue weighted by Crippen LogP contribution is 2.21. The van der Waals surface area contributed by atoms with E-state index in [9.17, 15) is 5.11 Å². The minimum Gasteiger partial charge on any atom is -0.393 e. The second kappa shape index (κ2) is 4.97. The third kappa shape index (κ3) is 3.06. The molecule has 0 amide bonds. The zero-order valence-corrected chi connectivity index (χ0v) is 10.0. The van der Waals surface area contributed by atoms with Gasteiger partial charge in [-0.3, -0.25) is 0 Å². The second-order valence-corrected chi connectivity index (χ2v) is 4.69. The highest BCUT2D eigenvalue weighted by atomic mass is 35.5. The van der Waals surface area contributed by atoms with Crippen LogP contribution in [0.1, 0.15) is 31.4 Å². The van der Waals surface area contributed by atoms with Crippen molar-refractivity contribution in [1.29, 1.82) is 0 Å². The summed E-state index contributed by atoms with van der Waals surface area (Å²) in [6.45, 7) is 1.89. The van der Waals surface area contributed by atoms with Crippen molar-refractivity contribution < 1.29 is 5.11 Å². The summed E-state index contributed by atoms with van der Waals surface area (Å²) < 4.78 is 0. The fourth-order valence-electron chi connectivity index (χ4n) is 2.00. The first kappa shape index (κ1) is 11.6. The van der Waals surface area contributed by atoms with Crippen molar-refractivity contribution in [3.8, 4) is 0 Å². The number of nitrogens with one attached hydrogen (secondary N) is 1. The van der Waals surface area contributed by atoms with Gasteiger partial charge in [0.05, 0.1) is 6.10 Å². The molecule has 0 bridgehead atoms. The van der Waals surface area contributed by atoms with Gasteiger partial charge in [0.2, 0.25) is 5.95 Å². The lowest BCUT2D eigenvalue weighted by Gasteiger charge is -2.26. The van der Waals surface area contributed by atoms with Crippen LogP contribution < -0.4 is 5.32 Å². The normalized spacial score (nSPS) is 25.4. The zero-order chi connectivity index (χ0) is 11.5. The van der Waals surface area contributed by atoms with E-state index < -0.39 is 0 Å². The molecule has 1 aromatic heterocycles. The monoisotopic (exact) mass is 241 g/mol. The maximum Gasteiger partial charge on any atom is 0.224 e. The number of hydrogen-bond acceptors (Lipinski definition) is 4. The van der Waals surface area contributed by atoms with Gasteiger partial charge in [0.1, 0.15) is 5.15 Å². The number of halogens is 1. The predicted molar refractivity (Wildman–Crippen MR) is 63.7 cm³/mol. The number of aryl methyl sites for hydroxylation is 1. The molecule has 88 valence electrons. The minimum absolute atomic E-state index is 0.139. The average molecular weight is 242 g/mol.